The van der Waals surface area contributed by atoms with Gasteiger partial charge in [-0.25, -0.2) is 23.4 Å². The summed E-state index contributed by atoms with van der Waals surface area (Å²) in [6, 6.07) is 3.17. The van der Waals surface area contributed by atoms with Crippen molar-refractivity contribution >= 4 is 28.6 Å². The maximum Gasteiger partial charge on any atom is 0.331 e. The Morgan fingerprint density at radius 2 is 1.82 bits per heavy atom. The summed E-state index contributed by atoms with van der Waals surface area (Å²) in [5.41, 5.74) is 2.01. The first kappa shape index (κ1) is 26.5. The van der Waals surface area contributed by atoms with Gasteiger partial charge < -0.3 is 15.7 Å². The Bertz CT molecular complexity index is 1230. The lowest BCUT2D eigenvalue weighted by Gasteiger charge is -2.18. The van der Waals surface area contributed by atoms with Crippen LogP contribution in [0.4, 0.5) is 14.9 Å². The number of rotatable bonds is 6. The zero-order chi connectivity index (χ0) is 24.3. The standard InChI is InChI=1S/C21H24FN7O3S.H2O.2H2/c1-12(2)15-6-14(22)7-16(13-9-23-11-24-10-13)19(15)25-21(31)27-33(32)18-8-17(29(5)26-18)20(30)28(3)4;;;/h6-12H,1-5H3,(H2,25,27,31);1H2;2*1H. The SMILES string of the molecule is CC(C)c1cc(F)cc(-c2cncnc2)c1NC(=O)NS(=O)c1cc(C(=O)N(C)C)n(C)n1.O.[HH].[HH]. The fourth-order valence-corrected chi connectivity index (χ4v) is 3.86. The summed E-state index contributed by atoms with van der Waals surface area (Å²) in [6.45, 7) is 3.72. The van der Waals surface area contributed by atoms with Crippen LogP contribution in [0.5, 0.6) is 0 Å². The van der Waals surface area contributed by atoms with E-state index >= 15 is 0 Å². The van der Waals surface area contributed by atoms with Crippen LogP contribution in [0.3, 0.4) is 0 Å². The van der Waals surface area contributed by atoms with Crippen LogP contribution in [-0.2, 0) is 18.0 Å². The molecule has 0 spiro atoms. The molecule has 2 aromatic heterocycles. The van der Waals surface area contributed by atoms with Gasteiger partial charge in [0.25, 0.3) is 5.91 Å². The van der Waals surface area contributed by atoms with Crippen molar-refractivity contribution in [2.24, 2.45) is 7.05 Å². The van der Waals surface area contributed by atoms with Crippen molar-refractivity contribution in [3.05, 3.63) is 54.0 Å². The number of carbonyl (C=O) groups excluding carboxylic acids is 2. The van der Waals surface area contributed by atoms with Crippen LogP contribution < -0.4 is 10.0 Å². The van der Waals surface area contributed by atoms with Crippen molar-refractivity contribution < 1.29 is 26.5 Å². The van der Waals surface area contributed by atoms with Gasteiger partial charge in [0.2, 0.25) is 0 Å². The van der Waals surface area contributed by atoms with Gasteiger partial charge >= 0.3 is 6.03 Å². The van der Waals surface area contributed by atoms with Crippen LogP contribution in [0.1, 0.15) is 38.7 Å². The average Bonchev–Trinajstić information content (AvgIpc) is 3.16. The molecule has 3 amide bonds. The molecule has 0 saturated heterocycles. The van der Waals surface area contributed by atoms with Gasteiger partial charge in [-0.3, -0.25) is 14.2 Å². The third-order valence-corrected chi connectivity index (χ3v) is 5.67. The summed E-state index contributed by atoms with van der Waals surface area (Å²) in [4.78, 5) is 34.2. The normalized spacial score (nSPS) is 11.5. The molecule has 13 heteroatoms. The van der Waals surface area contributed by atoms with Crippen molar-refractivity contribution in [1.82, 2.24) is 29.4 Å². The molecule has 1 unspecified atom stereocenters. The van der Waals surface area contributed by atoms with Crippen molar-refractivity contribution in [2.75, 3.05) is 19.4 Å². The van der Waals surface area contributed by atoms with Crippen LogP contribution in [-0.4, -0.2) is 60.4 Å². The third-order valence-electron chi connectivity index (χ3n) is 4.72. The molecule has 1 atom stereocenters. The maximum atomic E-state index is 14.3. The molecular formula is C21H30FN7O4S. The molecule has 0 aliphatic rings. The van der Waals surface area contributed by atoms with Crippen LogP contribution >= 0.6 is 0 Å². The van der Waals surface area contributed by atoms with E-state index in [1.54, 1.807) is 21.1 Å². The number of amides is 3. The van der Waals surface area contributed by atoms with Gasteiger partial charge in [0, 0.05) is 53.6 Å². The van der Waals surface area contributed by atoms with Crippen LogP contribution in [0.2, 0.25) is 0 Å². The first-order chi connectivity index (χ1) is 15.6. The van der Waals surface area contributed by atoms with Crippen molar-refractivity contribution in [3.63, 3.8) is 0 Å². The molecule has 1 aromatic carbocycles. The second-order valence-electron chi connectivity index (χ2n) is 7.72. The molecule has 0 aliphatic heterocycles. The molecule has 0 radical (unpaired) electrons. The van der Waals surface area contributed by atoms with Gasteiger partial charge in [0.1, 0.15) is 17.8 Å². The van der Waals surface area contributed by atoms with E-state index in [4.69, 9.17) is 0 Å². The molecule has 3 aromatic rings. The summed E-state index contributed by atoms with van der Waals surface area (Å²) in [5.74, 6) is -0.917. The average molecular weight is 496 g/mol. The first-order valence-corrected chi connectivity index (χ1v) is 11.1. The number of hydrogen-bond donors (Lipinski definition) is 2. The van der Waals surface area contributed by atoms with Crippen molar-refractivity contribution in [2.45, 2.75) is 24.8 Å². The van der Waals surface area contributed by atoms with E-state index in [9.17, 15) is 18.2 Å². The highest BCUT2D eigenvalue weighted by Gasteiger charge is 2.22. The zero-order valence-corrected chi connectivity index (χ0v) is 20.1. The van der Waals surface area contributed by atoms with Gasteiger partial charge in [0.05, 0.1) is 5.69 Å². The Kier molecular flexibility index (Phi) is 8.54. The quantitative estimate of drug-likeness (QED) is 0.535. The zero-order valence-electron chi connectivity index (χ0n) is 19.3. The predicted molar refractivity (Wildman–Crippen MR) is 129 cm³/mol. The first-order valence-electron chi connectivity index (χ1n) is 9.92. The van der Waals surface area contributed by atoms with Crippen molar-refractivity contribution in [1.29, 1.82) is 0 Å². The summed E-state index contributed by atoms with van der Waals surface area (Å²) < 4.78 is 30.6. The Labute approximate surface area is 201 Å². The lowest BCUT2D eigenvalue weighted by Crippen LogP contribution is -2.31. The number of urea groups is 1. The predicted octanol–water partition coefficient (Wildman–Crippen LogP) is 2.35. The second-order valence-corrected chi connectivity index (χ2v) is 8.88. The van der Waals surface area contributed by atoms with Gasteiger partial charge in [0.15, 0.2) is 16.0 Å². The van der Waals surface area contributed by atoms with Gasteiger partial charge in [-0.2, -0.15) is 5.10 Å². The fourth-order valence-electron chi connectivity index (χ4n) is 3.12. The highest BCUT2D eigenvalue weighted by atomic mass is 32.2. The van der Waals surface area contributed by atoms with Crippen molar-refractivity contribution in [3.8, 4) is 11.1 Å². The van der Waals surface area contributed by atoms with Crippen LogP contribution in [0, 0.1) is 5.82 Å². The number of benzene rings is 1. The Hall–Kier alpha value is -3.71. The van der Waals surface area contributed by atoms with E-state index in [2.05, 4.69) is 25.1 Å². The number of hydrogen-bond acceptors (Lipinski definition) is 6. The van der Waals surface area contributed by atoms with Gasteiger partial charge in [-0.05, 0) is 23.6 Å². The summed E-state index contributed by atoms with van der Waals surface area (Å²) in [7, 11) is 2.67. The van der Waals surface area contributed by atoms with E-state index < -0.39 is 22.8 Å². The smallest absolute Gasteiger partial charge is 0.331 e. The number of aromatic nitrogens is 4. The molecule has 4 N–H and O–H groups in total. The lowest BCUT2D eigenvalue weighted by atomic mass is 9.95. The Morgan fingerprint density at radius 3 is 2.41 bits per heavy atom. The van der Waals surface area contributed by atoms with E-state index in [1.807, 2.05) is 13.8 Å². The maximum absolute atomic E-state index is 14.3. The number of nitrogens with one attached hydrogen (secondary N) is 2. The molecule has 0 aliphatic carbocycles. The second kappa shape index (κ2) is 10.9. The number of anilines is 1. The lowest BCUT2D eigenvalue weighted by molar-refractivity contribution is 0.0817. The minimum atomic E-state index is -2.04. The molecule has 2 heterocycles. The monoisotopic (exact) mass is 495 g/mol. The molecule has 34 heavy (non-hydrogen) atoms. The summed E-state index contributed by atoms with van der Waals surface area (Å²) in [5, 5.41) is 6.74. The Morgan fingerprint density at radius 1 is 1.18 bits per heavy atom. The van der Waals surface area contributed by atoms with E-state index in [0.717, 1.165) is 0 Å². The Balaban J connectivity index is 0.00000408. The minimum Gasteiger partial charge on any atom is -0.412 e. The van der Waals surface area contributed by atoms with Gasteiger partial charge in [-0.15, -0.1) is 0 Å². The fraction of sp³-hybridized carbons (Fsp3) is 0.286. The van der Waals surface area contributed by atoms with Gasteiger partial charge in [-0.1, -0.05) is 13.8 Å². The van der Waals surface area contributed by atoms with E-state index in [0.29, 0.717) is 22.4 Å². The highest BCUT2D eigenvalue weighted by Crippen LogP contribution is 2.35. The largest absolute Gasteiger partial charge is 0.412 e. The molecule has 3 rings (SSSR count). The third kappa shape index (κ3) is 5.80. The van der Waals surface area contributed by atoms with Crippen LogP contribution in [0.25, 0.3) is 11.1 Å². The molecule has 0 saturated carbocycles. The van der Waals surface area contributed by atoms with E-state index in [1.165, 1.54) is 46.5 Å². The molecule has 186 valence electrons. The topological polar surface area (TPSA) is 154 Å². The number of carbonyl (C=O) groups is 2. The van der Waals surface area contributed by atoms with Crippen LogP contribution in [0.15, 0.2) is 41.9 Å². The van der Waals surface area contributed by atoms with E-state index in [-0.39, 0.29) is 30.9 Å². The summed E-state index contributed by atoms with van der Waals surface area (Å²) in [6.07, 6.45) is 4.35. The molecular weight excluding hydrogens is 465 g/mol. The number of halogens is 1. The molecule has 0 bridgehead atoms. The molecule has 0 fully saturated rings. The number of nitrogens with zero attached hydrogens (tertiary/aromatic N) is 5. The highest BCUT2D eigenvalue weighted by molar-refractivity contribution is 7.83. The molecule has 11 nitrogen and oxygen atoms in total. The number of aryl methyl sites for hydroxylation is 1. The minimum absolute atomic E-state index is 0. The summed E-state index contributed by atoms with van der Waals surface area (Å²) >= 11 is 0.